The third kappa shape index (κ3) is 45.6. The lowest BCUT2D eigenvalue weighted by Crippen LogP contribution is -2.45. The number of rotatable bonds is 48. The van der Waals surface area contributed by atoms with Crippen molar-refractivity contribution < 1.29 is 24.5 Å². The molecular formula is C54H101NO5. The Balaban J connectivity index is 3.47. The van der Waals surface area contributed by atoms with Crippen LogP contribution in [0.25, 0.3) is 0 Å². The van der Waals surface area contributed by atoms with Gasteiger partial charge in [0.05, 0.1) is 25.4 Å². The first kappa shape index (κ1) is 58.1. The van der Waals surface area contributed by atoms with Crippen molar-refractivity contribution in [3.63, 3.8) is 0 Å². The predicted octanol–water partition coefficient (Wildman–Crippen LogP) is 15.7. The fourth-order valence-corrected chi connectivity index (χ4v) is 7.84. The molecule has 0 aliphatic heterocycles. The topological polar surface area (TPSA) is 95.9 Å². The van der Waals surface area contributed by atoms with Crippen LogP contribution >= 0.6 is 0 Å². The molecule has 2 atom stereocenters. The predicted molar refractivity (Wildman–Crippen MR) is 259 cm³/mol. The van der Waals surface area contributed by atoms with Crippen LogP contribution in [0.1, 0.15) is 271 Å². The molecule has 0 spiro atoms. The van der Waals surface area contributed by atoms with Gasteiger partial charge in [-0.3, -0.25) is 9.59 Å². The van der Waals surface area contributed by atoms with Crippen LogP contribution < -0.4 is 5.32 Å². The molecule has 0 aliphatic rings. The number of aliphatic hydroxyl groups is 2. The number of hydrogen-bond acceptors (Lipinski definition) is 5. The molecule has 0 bridgehead atoms. The number of unbranched alkanes of at least 4 members (excludes halogenated alkanes) is 31. The van der Waals surface area contributed by atoms with Crippen LogP contribution in [0, 0.1) is 0 Å². The van der Waals surface area contributed by atoms with Gasteiger partial charge in [-0.2, -0.15) is 0 Å². The summed E-state index contributed by atoms with van der Waals surface area (Å²) >= 11 is 0. The van der Waals surface area contributed by atoms with Gasteiger partial charge in [0.15, 0.2) is 0 Å². The third-order valence-electron chi connectivity index (χ3n) is 11.9. The maximum absolute atomic E-state index is 12.4. The average Bonchev–Trinajstić information content (AvgIpc) is 3.25. The number of carbonyl (C=O) groups is 2. The maximum Gasteiger partial charge on any atom is 0.305 e. The van der Waals surface area contributed by atoms with E-state index in [0.29, 0.717) is 25.9 Å². The maximum atomic E-state index is 12.4. The van der Waals surface area contributed by atoms with Crippen LogP contribution in [-0.4, -0.2) is 47.4 Å². The lowest BCUT2D eigenvalue weighted by Gasteiger charge is -2.22. The average molecular weight is 844 g/mol. The summed E-state index contributed by atoms with van der Waals surface area (Å²) in [7, 11) is 0. The first-order valence-electron chi connectivity index (χ1n) is 26.2. The Morgan fingerprint density at radius 3 is 1.32 bits per heavy atom. The zero-order valence-corrected chi connectivity index (χ0v) is 39.9. The number of hydrogen-bond donors (Lipinski definition) is 3. The molecule has 3 N–H and O–H groups in total. The molecule has 60 heavy (non-hydrogen) atoms. The molecule has 0 fully saturated rings. The molecular weight excluding hydrogens is 743 g/mol. The minimum Gasteiger partial charge on any atom is -0.466 e. The lowest BCUT2D eigenvalue weighted by atomic mass is 10.0. The Hall–Kier alpha value is -1.92. The van der Waals surface area contributed by atoms with Gasteiger partial charge in [-0.1, -0.05) is 211 Å². The first-order chi connectivity index (χ1) is 29.5. The molecule has 352 valence electrons. The van der Waals surface area contributed by atoms with Gasteiger partial charge >= 0.3 is 5.97 Å². The van der Waals surface area contributed by atoms with Crippen LogP contribution in [-0.2, 0) is 14.3 Å². The van der Waals surface area contributed by atoms with Crippen molar-refractivity contribution in [1.29, 1.82) is 0 Å². The highest BCUT2D eigenvalue weighted by Gasteiger charge is 2.20. The summed E-state index contributed by atoms with van der Waals surface area (Å²) in [6, 6.07) is -0.553. The second-order valence-corrected chi connectivity index (χ2v) is 17.8. The number of ether oxygens (including phenoxy) is 1. The van der Waals surface area contributed by atoms with Crippen LogP contribution in [0.3, 0.4) is 0 Å². The minimum absolute atomic E-state index is 0.0174. The summed E-state index contributed by atoms with van der Waals surface area (Å²) in [5.41, 5.74) is 0. The van der Waals surface area contributed by atoms with E-state index in [2.05, 4.69) is 55.6 Å². The summed E-state index contributed by atoms with van der Waals surface area (Å²) in [5, 5.41) is 23.2. The molecule has 0 heterocycles. The van der Waals surface area contributed by atoms with E-state index in [0.717, 1.165) is 70.6 Å². The second kappa shape index (κ2) is 49.7. The van der Waals surface area contributed by atoms with Crippen molar-refractivity contribution >= 4 is 11.9 Å². The highest BCUT2D eigenvalue weighted by molar-refractivity contribution is 5.76. The molecule has 6 nitrogen and oxygen atoms in total. The molecule has 0 aromatic carbocycles. The quantitative estimate of drug-likeness (QED) is 0.0322. The van der Waals surface area contributed by atoms with Gasteiger partial charge in [0, 0.05) is 12.8 Å². The van der Waals surface area contributed by atoms with E-state index in [9.17, 15) is 19.8 Å². The van der Waals surface area contributed by atoms with Crippen molar-refractivity contribution in [1.82, 2.24) is 5.32 Å². The largest absolute Gasteiger partial charge is 0.466 e. The van der Waals surface area contributed by atoms with Crippen LogP contribution in [0.15, 0.2) is 36.5 Å². The number of allylic oxidation sites excluding steroid dienone is 6. The summed E-state index contributed by atoms with van der Waals surface area (Å²) in [4.78, 5) is 24.4. The molecule has 0 saturated heterocycles. The van der Waals surface area contributed by atoms with Gasteiger partial charge in [0.2, 0.25) is 5.91 Å². The highest BCUT2D eigenvalue weighted by atomic mass is 16.5. The normalized spacial score (nSPS) is 12.9. The molecule has 2 unspecified atom stereocenters. The van der Waals surface area contributed by atoms with Gasteiger partial charge in [-0.05, 0) is 83.5 Å². The van der Waals surface area contributed by atoms with Crippen molar-refractivity contribution in [2.24, 2.45) is 0 Å². The van der Waals surface area contributed by atoms with Gasteiger partial charge in [-0.15, -0.1) is 0 Å². The summed E-state index contributed by atoms with van der Waals surface area (Å²) in [5.74, 6) is -0.0713. The second-order valence-electron chi connectivity index (χ2n) is 17.8. The number of amides is 1. The number of carbonyl (C=O) groups excluding carboxylic acids is 2. The van der Waals surface area contributed by atoms with E-state index in [1.165, 1.54) is 167 Å². The zero-order chi connectivity index (χ0) is 43.7. The Bertz CT molecular complexity index is 977. The summed E-state index contributed by atoms with van der Waals surface area (Å²) in [6.45, 7) is 4.88. The smallest absolute Gasteiger partial charge is 0.305 e. The summed E-state index contributed by atoms with van der Waals surface area (Å²) < 4.78 is 5.45. The van der Waals surface area contributed by atoms with Crippen molar-refractivity contribution in [2.45, 2.75) is 283 Å². The van der Waals surface area contributed by atoms with E-state index in [-0.39, 0.29) is 18.5 Å². The number of nitrogens with one attached hydrogen (secondary N) is 1. The summed E-state index contributed by atoms with van der Waals surface area (Å²) in [6.07, 6.45) is 59.7. The Morgan fingerprint density at radius 2 is 0.833 bits per heavy atom. The molecule has 0 radical (unpaired) electrons. The molecule has 0 aromatic heterocycles. The van der Waals surface area contributed by atoms with Gasteiger partial charge in [-0.25, -0.2) is 0 Å². The van der Waals surface area contributed by atoms with Crippen LogP contribution in [0.4, 0.5) is 0 Å². The SMILES string of the molecule is CCCCC/C=C\C/C=C\CCCCCCCC(=O)OCCCCCCCCC/C=C\CCCCCCCC(=O)NC(CO)C(O)CCCCCCCCCCCCCC. The monoisotopic (exact) mass is 844 g/mol. The number of aliphatic hydroxyl groups excluding tert-OH is 2. The van der Waals surface area contributed by atoms with E-state index in [1.807, 2.05) is 0 Å². The minimum atomic E-state index is -0.674. The van der Waals surface area contributed by atoms with Gasteiger partial charge in [0.1, 0.15) is 0 Å². The standard InChI is InChI=1S/C54H101NO5/c1-3-5-7-9-11-13-15-17-20-24-28-32-36-40-44-48-54(59)60-49-45-41-37-33-29-25-22-19-18-21-23-27-31-35-39-43-47-53(58)55-51(50-56)52(57)46-42-38-34-30-26-16-14-12-10-8-6-4-2/h11,13,17-18,20-21,51-52,56-57H,3-10,12,14-16,19,22-50H2,1-2H3,(H,55,58)/b13-11-,20-17-,21-18-. The molecule has 0 aliphatic carbocycles. The van der Waals surface area contributed by atoms with E-state index >= 15 is 0 Å². The van der Waals surface area contributed by atoms with Crippen molar-refractivity contribution in [2.75, 3.05) is 13.2 Å². The molecule has 0 saturated carbocycles. The van der Waals surface area contributed by atoms with Crippen LogP contribution in [0.5, 0.6) is 0 Å². The molecule has 0 aromatic rings. The van der Waals surface area contributed by atoms with Gasteiger partial charge in [0.25, 0.3) is 0 Å². The highest BCUT2D eigenvalue weighted by Crippen LogP contribution is 2.15. The van der Waals surface area contributed by atoms with E-state index < -0.39 is 12.1 Å². The Morgan fingerprint density at radius 1 is 0.467 bits per heavy atom. The van der Waals surface area contributed by atoms with Crippen LogP contribution in [0.2, 0.25) is 0 Å². The fraction of sp³-hybridized carbons (Fsp3) is 0.852. The lowest BCUT2D eigenvalue weighted by molar-refractivity contribution is -0.143. The zero-order valence-electron chi connectivity index (χ0n) is 39.9. The van der Waals surface area contributed by atoms with Crippen molar-refractivity contribution in [3.05, 3.63) is 36.5 Å². The number of esters is 1. The molecule has 1 amide bonds. The third-order valence-corrected chi connectivity index (χ3v) is 11.9. The van der Waals surface area contributed by atoms with Crippen molar-refractivity contribution in [3.8, 4) is 0 Å². The fourth-order valence-electron chi connectivity index (χ4n) is 7.84. The molecule has 0 rings (SSSR count). The van der Waals surface area contributed by atoms with E-state index in [4.69, 9.17) is 4.74 Å². The van der Waals surface area contributed by atoms with Gasteiger partial charge < -0.3 is 20.3 Å². The van der Waals surface area contributed by atoms with E-state index in [1.54, 1.807) is 0 Å². The first-order valence-corrected chi connectivity index (χ1v) is 26.2. The Labute approximate surface area is 373 Å². The Kier molecular flexibility index (Phi) is 48.1. The molecule has 6 heteroatoms.